The first-order chi connectivity index (χ1) is 10.1. The minimum Gasteiger partial charge on any atom is -0.374 e. The summed E-state index contributed by atoms with van der Waals surface area (Å²) in [5, 5.41) is 2.98. The van der Waals surface area contributed by atoms with Gasteiger partial charge in [-0.15, -0.1) is 0 Å². The van der Waals surface area contributed by atoms with E-state index >= 15 is 0 Å². The van der Waals surface area contributed by atoms with Gasteiger partial charge in [0.15, 0.2) is 0 Å². The van der Waals surface area contributed by atoms with Crippen LogP contribution in [-0.2, 0) is 9.53 Å². The van der Waals surface area contributed by atoms with Gasteiger partial charge >= 0.3 is 0 Å². The summed E-state index contributed by atoms with van der Waals surface area (Å²) in [5.74, 6) is 7.18. The second-order valence-corrected chi connectivity index (χ2v) is 5.91. The minimum absolute atomic E-state index is 0. The highest BCUT2D eigenvalue weighted by Crippen LogP contribution is 2.05. The molecular formula is C17H32N2O2. The maximum Gasteiger partial charge on any atom is 0.222 e. The number of carbonyl (C=O) groups excluding carboxylic acids is 1. The van der Waals surface area contributed by atoms with Crippen LogP contribution in [0, 0.1) is 23.7 Å². The lowest BCUT2D eigenvalue weighted by Gasteiger charge is -2.31. The van der Waals surface area contributed by atoms with Gasteiger partial charge in [0.1, 0.15) is 0 Å². The fraction of sp³-hybridized carbons (Fsp3) is 0.824. The maximum absolute atomic E-state index is 11.8. The lowest BCUT2D eigenvalue weighted by atomic mass is 10.1. The van der Waals surface area contributed by atoms with Crippen LogP contribution in [0.15, 0.2) is 0 Å². The smallest absolute Gasteiger partial charge is 0.222 e. The van der Waals surface area contributed by atoms with Crippen molar-refractivity contribution in [1.29, 1.82) is 0 Å². The summed E-state index contributed by atoms with van der Waals surface area (Å²) in [6.45, 7) is 12.2. The van der Waals surface area contributed by atoms with Gasteiger partial charge in [-0.05, 0) is 12.8 Å². The summed E-state index contributed by atoms with van der Waals surface area (Å²) >= 11 is 0. The van der Waals surface area contributed by atoms with Crippen molar-refractivity contribution >= 4 is 5.91 Å². The Balaban J connectivity index is 0.00000441. The molecule has 0 aromatic heterocycles. The zero-order valence-corrected chi connectivity index (χ0v) is 13.9. The van der Waals surface area contributed by atoms with Crippen molar-refractivity contribution in [2.75, 3.05) is 32.8 Å². The van der Waals surface area contributed by atoms with E-state index in [1.165, 1.54) is 0 Å². The van der Waals surface area contributed by atoms with Crippen LogP contribution in [0.2, 0.25) is 0 Å². The number of nitrogens with zero attached hydrogens (tertiary/aromatic N) is 1. The number of nitrogens with one attached hydrogen (secondary N) is 1. The molecule has 21 heavy (non-hydrogen) atoms. The fourth-order valence-corrected chi connectivity index (χ4v) is 2.06. The molecule has 0 aromatic rings. The summed E-state index contributed by atoms with van der Waals surface area (Å²) < 4.78 is 5.72. The first kappa shape index (κ1) is 18.0. The molecular weight excluding hydrogens is 264 g/mol. The van der Waals surface area contributed by atoms with Crippen LogP contribution in [0.4, 0.5) is 0 Å². The van der Waals surface area contributed by atoms with Gasteiger partial charge in [-0.25, -0.2) is 0 Å². The van der Waals surface area contributed by atoms with Gasteiger partial charge in [0.2, 0.25) is 5.91 Å². The third kappa shape index (κ3) is 6.97. The van der Waals surface area contributed by atoms with Crippen LogP contribution >= 0.6 is 0 Å². The number of hydrogen-bond acceptors (Lipinski definition) is 3. The zero-order valence-electron chi connectivity index (χ0n) is 13.9. The van der Waals surface area contributed by atoms with Gasteiger partial charge in [-0.2, -0.15) is 0 Å². The molecule has 4 nitrogen and oxygen atoms in total. The fourth-order valence-electron chi connectivity index (χ4n) is 2.06. The summed E-state index contributed by atoms with van der Waals surface area (Å²) in [6, 6.07) is 0. The molecule has 1 rings (SSSR count). The van der Waals surface area contributed by atoms with E-state index in [1.54, 1.807) is 0 Å². The quantitative estimate of drug-likeness (QED) is 0.764. The maximum atomic E-state index is 11.8. The molecule has 1 heterocycles. The summed E-state index contributed by atoms with van der Waals surface area (Å²) in [5.41, 5.74) is 0. The zero-order chi connectivity index (χ0) is 15.7. The molecule has 0 aromatic carbocycles. The van der Waals surface area contributed by atoms with E-state index in [9.17, 15) is 4.79 Å². The number of hydrogen-bond donors (Lipinski definition) is 1. The van der Waals surface area contributed by atoms with Crippen LogP contribution in [0.5, 0.6) is 0 Å². The van der Waals surface area contributed by atoms with E-state index in [1.807, 2.05) is 13.8 Å². The number of morpholine rings is 1. The first-order valence-corrected chi connectivity index (χ1v) is 8.16. The molecule has 0 spiro atoms. The van der Waals surface area contributed by atoms with Gasteiger partial charge in [0.25, 0.3) is 0 Å². The molecule has 1 aliphatic rings. The number of amides is 1. The highest BCUT2D eigenvalue weighted by molar-refractivity contribution is 5.78. The lowest BCUT2D eigenvalue weighted by molar-refractivity contribution is -0.125. The normalized spacial score (nSPS) is 22.0. The Bertz CT molecular complexity index is 379. The number of ether oxygens (including phenoxy) is 1. The van der Waals surface area contributed by atoms with Crippen molar-refractivity contribution in [3.05, 3.63) is 0 Å². The molecule has 1 amide bonds. The average Bonchev–Trinajstić information content (AvgIpc) is 2.51. The molecule has 0 saturated carbocycles. The molecule has 3 atom stereocenters. The Morgan fingerprint density at radius 3 is 2.86 bits per heavy atom. The molecule has 1 saturated heterocycles. The Morgan fingerprint density at radius 2 is 2.19 bits per heavy atom. The van der Waals surface area contributed by atoms with Gasteiger partial charge in [-0.3, -0.25) is 9.69 Å². The molecule has 1 N–H and O–H groups in total. The number of rotatable bonds is 6. The Labute approximate surface area is 131 Å². The average molecular weight is 296 g/mol. The molecule has 122 valence electrons. The van der Waals surface area contributed by atoms with E-state index in [0.29, 0.717) is 12.5 Å². The highest BCUT2D eigenvalue weighted by Gasteiger charge is 2.21. The highest BCUT2D eigenvalue weighted by atomic mass is 16.5. The largest absolute Gasteiger partial charge is 0.374 e. The topological polar surface area (TPSA) is 41.6 Å². The van der Waals surface area contributed by atoms with E-state index in [-0.39, 0.29) is 19.4 Å². The summed E-state index contributed by atoms with van der Waals surface area (Å²) in [4.78, 5) is 14.1. The van der Waals surface area contributed by atoms with Crippen LogP contribution in [0.25, 0.3) is 0 Å². The van der Waals surface area contributed by atoms with Crippen LogP contribution in [0.1, 0.15) is 42.0 Å². The van der Waals surface area contributed by atoms with Crippen molar-refractivity contribution in [1.82, 2.24) is 10.2 Å². The van der Waals surface area contributed by atoms with Crippen molar-refractivity contribution in [2.24, 2.45) is 11.8 Å². The first-order valence-electron chi connectivity index (χ1n) is 8.16. The molecule has 0 radical (unpaired) electrons. The minimum atomic E-state index is 0. The number of carbonyl (C=O) groups is 1. The van der Waals surface area contributed by atoms with Crippen LogP contribution in [-0.4, -0.2) is 49.7 Å². The molecule has 3 unspecified atom stereocenters. The van der Waals surface area contributed by atoms with Crippen molar-refractivity contribution < 1.29 is 11.0 Å². The lowest BCUT2D eigenvalue weighted by Crippen LogP contribution is -2.48. The molecule has 1 fully saturated rings. The monoisotopic (exact) mass is 296 g/mol. The predicted octanol–water partition coefficient (Wildman–Crippen LogP) is 2.14. The molecule has 1 aliphatic heterocycles. The van der Waals surface area contributed by atoms with Gasteiger partial charge in [-0.1, -0.05) is 39.5 Å². The Hall–Kier alpha value is -1.05. The second kappa shape index (κ2) is 9.81. The van der Waals surface area contributed by atoms with E-state index in [4.69, 9.17) is 4.74 Å². The van der Waals surface area contributed by atoms with Crippen LogP contribution in [0.3, 0.4) is 0 Å². The van der Waals surface area contributed by atoms with Crippen LogP contribution < -0.4 is 5.32 Å². The second-order valence-electron chi connectivity index (χ2n) is 5.91. The van der Waals surface area contributed by atoms with Gasteiger partial charge in [0, 0.05) is 32.9 Å². The van der Waals surface area contributed by atoms with Crippen molar-refractivity contribution in [3.63, 3.8) is 0 Å². The Kier molecular flexibility index (Phi) is 8.41. The molecule has 0 bridgehead atoms. The third-order valence-corrected chi connectivity index (χ3v) is 4.05. The molecule has 4 heteroatoms. The predicted molar refractivity (Wildman–Crippen MR) is 88.0 cm³/mol. The molecule has 0 aliphatic carbocycles. The van der Waals surface area contributed by atoms with Crippen molar-refractivity contribution in [3.8, 4) is 11.8 Å². The van der Waals surface area contributed by atoms with E-state index < -0.39 is 0 Å². The van der Waals surface area contributed by atoms with Gasteiger partial charge < -0.3 is 10.1 Å². The SMILES string of the molecule is CCC(C)C#CCN1CCOC(CNC(=O)C(C)CC)C1.[HH]. The summed E-state index contributed by atoms with van der Waals surface area (Å²) in [7, 11) is 0. The Morgan fingerprint density at radius 1 is 1.43 bits per heavy atom. The van der Waals surface area contributed by atoms with E-state index in [2.05, 4.69) is 35.9 Å². The standard InChI is InChI=1S/C17H30N2O2.H2/c1-5-14(3)8-7-9-19-10-11-21-16(13-19)12-18-17(20)15(4)6-2;/h14-16H,5-6,9-13H2,1-4H3,(H,18,20);1H. The van der Waals surface area contributed by atoms with Gasteiger partial charge in [0.05, 0.1) is 19.3 Å². The summed E-state index contributed by atoms with van der Waals surface area (Å²) in [6.07, 6.45) is 2.05. The van der Waals surface area contributed by atoms with E-state index in [0.717, 1.165) is 39.1 Å². The van der Waals surface area contributed by atoms with Crippen molar-refractivity contribution in [2.45, 2.75) is 46.6 Å². The third-order valence-electron chi connectivity index (χ3n) is 4.05.